The number of benzene rings is 2. The summed E-state index contributed by atoms with van der Waals surface area (Å²) in [5.41, 5.74) is -5.54. The normalized spacial score (nSPS) is 13.3. The summed E-state index contributed by atoms with van der Waals surface area (Å²) in [6.45, 7) is 0. The molecular weight excluding hydrogens is 381 g/mol. The van der Waals surface area contributed by atoms with Crippen molar-refractivity contribution in [3.8, 4) is 11.5 Å². The molecule has 0 heterocycles. The maximum atomic E-state index is 12.4. The highest BCUT2D eigenvalue weighted by Gasteiger charge is 2.48. The van der Waals surface area contributed by atoms with Gasteiger partial charge in [0.2, 0.25) is 0 Å². The molecule has 0 radical (unpaired) electrons. The molecular formula is C15H13F3O7S. The van der Waals surface area contributed by atoms with Crippen molar-refractivity contribution in [3.63, 3.8) is 0 Å². The van der Waals surface area contributed by atoms with Crippen LogP contribution in [0.1, 0.15) is 0 Å². The van der Waals surface area contributed by atoms with Gasteiger partial charge in [-0.1, -0.05) is 12.1 Å². The first kappa shape index (κ1) is 19.8. The van der Waals surface area contributed by atoms with Gasteiger partial charge < -0.3 is 18.4 Å². The van der Waals surface area contributed by atoms with Gasteiger partial charge in [-0.3, -0.25) is 0 Å². The van der Waals surface area contributed by atoms with Crippen LogP contribution in [-0.4, -0.2) is 40.4 Å². The third kappa shape index (κ3) is 4.35. The van der Waals surface area contributed by atoms with Crippen molar-refractivity contribution in [1.82, 2.24) is 0 Å². The van der Waals surface area contributed by atoms with E-state index in [1.165, 1.54) is 25.3 Å². The number of alkyl halides is 3. The lowest BCUT2D eigenvalue weighted by atomic mass is 10.1. The van der Waals surface area contributed by atoms with Gasteiger partial charge >= 0.3 is 21.6 Å². The largest absolute Gasteiger partial charge is 0.534 e. The van der Waals surface area contributed by atoms with Crippen LogP contribution in [0.2, 0.25) is 0 Å². The van der Waals surface area contributed by atoms with Crippen LogP contribution in [0.4, 0.5) is 13.2 Å². The molecule has 1 unspecified atom stereocenters. The van der Waals surface area contributed by atoms with Crippen LogP contribution in [-0.2, 0) is 24.4 Å². The average Bonchev–Trinajstić information content (AvgIpc) is 2.57. The zero-order valence-electron chi connectivity index (χ0n) is 13.4. The number of hydrogen-bond acceptors (Lipinski definition) is 7. The Morgan fingerprint density at radius 2 is 1.58 bits per heavy atom. The molecule has 0 N–H and O–H groups in total. The molecule has 0 aliphatic rings. The standard InChI is InChI=1S/C15H13F3O7S/c1-22-13(19)14(23-2)24-11-5-3-9-4-6-12(8-10(9)7-11)25-26(20,21)15(16,17)18/h3-8,14H,1-2H3. The first-order valence-corrected chi connectivity index (χ1v) is 8.30. The predicted octanol–water partition coefficient (Wildman–Crippen LogP) is 2.59. The minimum atomic E-state index is -5.78. The molecule has 0 spiro atoms. The lowest BCUT2D eigenvalue weighted by molar-refractivity contribution is -0.170. The van der Waals surface area contributed by atoms with Crippen LogP contribution in [0.5, 0.6) is 11.5 Å². The first-order valence-electron chi connectivity index (χ1n) is 6.89. The van der Waals surface area contributed by atoms with E-state index < -0.39 is 33.6 Å². The van der Waals surface area contributed by atoms with Crippen molar-refractivity contribution in [3.05, 3.63) is 36.4 Å². The summed E-state index contributed by atoms with van der Waals surface area (Å²) in [6.07, 6.45) is -1.34. The minimum absolute atomic E-state index is 0.144. The smallest absolute Gasteiger partial charge is 0.464 e. The summed E-state index contributed by atoms with van der Waals surface area (Å²) < 4.78 is 78.0. The van der Waals surface area contributed by atoms with Gasteiger partial charge in [0.25, 0.3) is 6.29 Å². The molecule has 1 atom stereocenters. The van der Waals surface area contributed by atoms with Crippen molar-refractivity contribution < 1.29 is 44.8 Å². The number of ether oxygens (including phenoxy) is 3. The number of halogens is 3. The van der Waals surface area contributed by atoms with E-state index in [0.717, 1.165) is 19.2 Å². The van der Waals surface area contributed by atoms with Crippen LogP contribution < -0.4 is 8.92 Å². The highest BCUT2D eigenvalue weighted by Crippen LogP contribution is 2.30. The summed E-state index contributed by atoms with van der Waals surface area (Å²) in [6, 6.07) is 7.96. The molecule has 2 rings (SSSR count). The number of methoxy groups -OCH3 is 2. The Kier molecular flexibility index (Phi) is 5.62. The lowest BCUT2D eigenvalue weighted by Gasteiger charge is -2.15. The highest BCUT2D eigenvalue weighted by atomic mass is 32.2. The monoisotopic (exact) mass is 394 g/mol. The van der Waals surface area contributed by atoms with Crippen LogP contribution in [0.25, 0.3) is 10.8 Å². The summed E-state index contributed by atoms with van der Waals surface area (Å²) >= 11 is 0. The second-order valence-electron chi connectivity index (χ2n) is 4.86. The van der Waals surface area contributed by atoms with Gasteiger partial charge in [-0.25, -0.2) is 4.79 Å². The van der Waals surface area contributed by atoms with Crippen molar-refractivity contribution in [2.45, 2.75) is 11.8 Å². The maximum absolute atomic E-state index is 12.4. The SMILES string of the molecule is COC(=O)C(OC)Oc1ccc2ccc(OS(=O)(=O)C(F)(F)F)cc2c1. The fourth-order valence-electron chi connectivity index (χ4n) is 1.91. The first-order chi connectivity index (χ1) is 12.1. The van der Waals surface area contributed by atoms with Gasteiger partial charge in [0.05, 0.1) is 7.11 Å². The van der Waals surface area contributed by atoms with Crippen molar-refractivity contribution >= 4 is 26.9 Å². The Balaban J connectivity index is 2.32. The summed E-state index contributed by atoms with van der Waals surface area (Å²) in [5.74, 6) is -1.17. The molecule has 2 aromatic rings. The summed E-state index contributed by atoms with van der Waals surface area (Å²) in [4.78, 5) is 11.5. The molecule has 0 saturated carbocycles. The maximum Gasteiger partial charge on any atom is 0.534 e. The van der Waals surface area contributed by atoms with E-state index in [-0.39, 0.29) is 5.75 Å². The molecule has 2 aromatic carbocycles. The van der Waals surface area contributed by atoms with E-state index in [2.05, 4.69) is 8.92 Å². The van der Waals surface area contributed by atoms with Crippen molar-refractivity contribution in [1.29, 1.82) is 0 Å². The molecule has 0 fully saturated rings. The van der Waals surface area contributed by atoms with Gasteiger partial charge in [-0.2, -0.15) is 21.6 Å². The van der Waals surface area contributed by atoms with Crippen LogP contribution in [0.15, 0.2) is 36.4 Å². The Morgan fingerprint density at radius 3 is 2.12 bits per heavy atom. The minimum Gasteiger partial charge on any atom is -0.464 e. The number of hydrogen-bond donors (Lipinski definition) is 0. The molecule has 142 valence electrons. The van der Waals surface area contributed by atoms with E-state index in [4.69, 9.17) is 9.47 Å². The van der Waals surface area contributed by atoms with E-state index in [1.807, 2.05) is 0 Å². The molecule has 7 nitrogen and oxygen atoms in total. The van der Waals surface area contributed by atoms with Gasteiger partial charge in [0.15, 0.2) is 0 Å². The Morgan fingerprint density at radius 1 is 1.00 bits per heavy atom. The van der Waals surface area contributed by atoms with E-state index in [1.54, 1.807) is 6.07 Å². The quantitative estimate of drug-likeness (QED) is 0.322. The Labute approximate surface area is 146 Å². The van der Waals surface area contributed by atoms with E-state index in [9.17, 15) is 26.4 Å². The third-order valence-corrected chi connectivity index (χ3v) is 4.10. The van der Waals surface area contributed by atoms with Gasteiger partial charge in [0.1, 0.15) is 11.5 Å². The molecule has 0 bridgehead atoms. The van der Waals surface area contributed by atoms with Crippen molar-refractivity contribution in [2.24, 2.45) is 0 Å². The highest BCUT2D eigenvalue weighted by molar-refractivity contribution is 7.88. The van der Waals surface area contributed by atoms with Crippen LogP contribution in [0.3, 0.4) is 0 Å². The molecule has 0 aliphatic carbocycles. The average molecular weight is 394 g/mol. The molecule has 26 heavy (non-hydrogen) atoms. The zero-order chi connectivity index (χ0) is 19.5. The fourth-order valence-corrected chi connectivity index (χ4v) is 2.37. The van der Waals surface area contributed by atoms with Crippen LogP contribution in [0, 0.1) is 0 Å². The number of esters is 1. The predicted molar refractivity (Wildman–Crippen MR) is 83.0 cm³/mol. The molecule has 11 heteroatoms. The number of carbonyl (C=O) groups is 1. The lowest BCUT2D eigenvalue weighted by Crippen LogP contribution is -2.30. The fraction of sp³-hybridized carbons (Fsp3) is 0.267. The molecule has 0 aromatic heterocycles. The Hall–Kier alpha value is -2.53. The Bertz CT molecular complexity index is 909. The number of rotatable bonds is 6. The number of fused-ring (bicyclic) bond motifs is 1. The van der Waals surface area contributed by atoms with Gasteiger partial charge in [-0.15, -0.1) is 0 Å². The topological polar surface area (TPSA) is 88.1 Å². The summed E-state index contributed by atoms with van der Waals surface area (Å²) in [7, 11) is -3.42. The third-order valence-electron chi connectivity index (χ3n) is 3.12. The van der Waals surface area contributed by atoms with Gasteiger partial charge in [-0.05, 0) is 35.0 Å². The second-order valence-corrected chi connectivity index (χ2v) is 6.40. The van der Waals surface area contributed by atoms with Gasteiger partial charge in [0, 0.05) is 7.11 Å². The zero-order valence-corrected chi connectivity index (χ0v) is 14.3. The van der Waals surface area contributed by atoms with Crippen LogP contribution >= 0.6 is 0 Å². The molecule has 0 amide bonds. The van der Waals surface area contributed by atoms with Crippen molar-refractivity contribution in [2.75, 3.05) is 14.2 Å². The second kappa shape index (κ2) is 7.38. The van der Waals surface area contributed by atoms with E-state index >= 15 is 0 Å². The molecule has 0 aliphatic heterocycles. The molecule has 0 saturated heterocycles. The van der Waals surface area contributed by atoms with E-state index in [0.29, 0.717) is 10.8 Å². The number of carbonyl (C=O) groups excluding carboxylic acids is 1. The summed E-state index contributed by atoms with van der Waals surface area (Å²) in [5, 5.41) is 0.887.